The van der Waals surface area contributed by atoms with Gasteiger partial charge in [0.15, 0.2) is 5.96 Å². The van der Waals surface area contributed by atoms with Crippen LogP contribution in [0.1, 0.15) is 37.9 Å². The van der Waals surface area contributed by atoms with Gasteiger partial charge in [-0.3, -0.25) is 9.79 Å². The van der Waals surface area contributed by atoms with Crippen LogP contribution in [0, 0.1) is 5.41 Å². The molecule has 1 saturated carbocycles. The highest BCUT2D eigenvalue weighted by Crippen LogP contribution is 2.45. The summed E-state index contributed by atoms with van der Waals surface area (Å²) in [5, 5.41) is 6.02. The number of hydrogen-bond acceptors (Lipinski definition) is 3. The van der Waals surface area contributed by atoms with E-state index in [2.05, 4.69) is 20.5 Å². The number of nitrogens with one attached hydrogen (secondary N) is 2. The topological polar surface area (TPSA) is 69.9 Å². The Morgan fingerprint density at radius 1 is 1.35 bits per heavy atom. The van der Waals surface area contributed by atoms with Crippen LogP contribution in [-0.2, 0) is 11.3 Å². The molecule has 2 N–H and O–H groups in total. The van der Waals surface area contributed by atoms with E-state index in [1.54, 1.807) is 13.3 Å². The van der Waals surface area contributed by atoms with E-state index in [1.165, 1.54) is 32.1 Å². The van der Waals surface area contributed by atoms with Gasteiger partial charge in [0.1, 0.15) is 5.76 Å². The van der Waals surface area contributed by atoms with Gasteiger partial charge in [0.05, 0.1) is 19.4 Å². The summed E-state index contributed by atoms with van der Waals surface area (Å²) in [6.45, 7) is 2.75. The molecule has 0 aromatic carbocycles. The average Bonchev–Trinajstić information content (AvgIpc) is 3.30. The van der Waals surface area contributed by atoms with Crippen LogP contribution >= 0.6 is 0 Å². The molecule has 2 fully saturated rings. The zero-order chi connectivity index (χ0) is 16.1. The van der Waals surface area contributed by atoms with Crippen LogP contribution in [0.4, 0.5) is 0 Å². The lowest BCUT2D eigenvalue weighted by atomic mass is 9.86. The standard InChI is InChI=1S/C17H26N4O2/c1-18-16(21-9-8-17(13-21)6-2-3-7-17)20-12-15(22)19-11-14-5-4-10-23-14/h4-5,10H,2-3,6-9,11-13H2,1H3,(H,18,20)(H,19,22). The maximum atomic E-state index is 11.9. The number of aliphatic imine (C=N–C) groups is 1. The fourth-order valence-corrected chi connectivity index (χ4v) is 3.80. The molecule has 1 amide bonds. The van der Waals surface area contributed by atoms with E-state index in [0.29, 0.717) is 12.0 Å². The lowest BCUT2D eigenvalue weighted by molar-refractivity contribution is -0.120. The normalized spacial score (nSPS) is 20.2. The third kappa shape index (κ3) is 3.86. The van der Waals surface area contributed by atoms with Crippen LogP contribution in [0.15, 0.2) is 27.8 Å². The first-order chi connectivity index (χ1) is 11.2. The molecular weight excluding hydrogens is 292 g/mol. The fourth-order valence-electron chi connectivity index (χ4n) is 3.80. The summed E-state index contributed by atoms with van der Waals surface area (Å²) in [5.74, 6) is 1.53. The van der Waals surface area contributed by atoms with Gasteiger partial charge in [0.25, 0.3) is 0 Å². The van der Waals surface area contributed by atoms with Crippen molar-refractivity contribution >= 4 is 11.9 Å². The monoisotopic (exact) mass is 318 g/mol. The van der Waals surface area contributed by atoms with Crippen LogP contribution in [0.3, 0.4) is 0 Å². The van der Waals surface area contributed by atoms with Crippen molar-refractivity contribution in [1.82, 2.24) is 15.5 Å². The summed E-state index contributed by atoms with van der Waals surface area (Å²) in [6, 6.07) is 3.66. The molecule has 6 nitrogen and oxygen atoms in total. The van der Waals surface area contributed by atoms with Gasteiger partial charge in [-0.25, -0.2) is 0 Å². The van der Waals surface area contributed by atoms with E-state index in [-0.39, 0.29) is 12.5 Å². The van der Waals surface area contributed by atoms with Crippen molar-refractivity contribution in [1.29, 1.82) is 0 Å². The molecular formula is C17H26N4O2. The quantitative estimate of drug-likeness (QED) is 0.655. The Balaban J connectivity index is 1.43. The number of carbonyl (C=O) groups excluding carboxylic acids is 1. The Hall–Kier alpha value is -1.98. The van der Waals surface area contributed by atoms with E-state index in [9.17, 15) is 4.79 Å². The molecule has 1 aliphatic heterocycles. The van der Waals surface area contributed by atoms with Gasteiger partial charge in [-0.1, -0.05) is 12.8 Å². The number of guanidine groups is 1. The summed E-state index contributed by atoms with van der Waals surface area (Å²) < 4.78 is 5.20. The van der Waals surface area contributed by atoms with E-state index in [0.717, 1.165) is 24.8 Å². The van der Waals surface area contributed by atoms with E-state index >= 15 is 0 Å². The van der Waals surface area contributed by atoms with Crippen molar-refractivity contribution in [3.05, 3.63) is 24.2 Å². The molecule has 1 aromatic rings. The van der Waals surface area contributed by atoms with Crippen molar-refractivity contribution in [2.45, 2.75) is 38.6 Å². The van der Waals surface area contributed by atoms with E-state index in [1.807, 2.05) is 12.1 Å². The highest BCUT2D eigenvalue weighted by atomic mass is 16.3. The predicted octanol–water partition coefficient (Wildman–Crippen LogP) is 1.74. The third-order valence-electron chi connectivity index (χ3n) is 5.06. The molecule has 1 saturated heterocycles. The Labute approximate surface area is 137 Å². The van der Waals surface area contributed by atoms with Crippen molar-refractivity contribution in [3.8, 4) is 0 Å². The molecule has 1 aliphatic carbocycles. The van der Waals surface area contributed by atoms with Crippen molar-refractivity contribution in [2.75, 3.05) is 26.7 Å². The number of likely N-dealkylation sites (tertiary alicyclic amines) is 1. The summed E-state index contributed by atoms with van der Waals surface area (Å²) in [7, 11) is 1.78. The smallest absolute Gasteiger partial charge is 0.239 e. The zero-order valence-corrected chi connectivity index (χ0v) is 13.8. The number of amides is 1. The summed E-state index contributed by atoms with van der Waals surface area (Å²) in [5.41, 5.74) is 0.499. The van der Waals surface area contributed by atoms with Gasteiger partial charge in [-0.05, 0) is 36.8 Å². The van der Waals surface area contributed by atoms with Gasteiger partial charge >= 0.3 is 0 Å². The summed E-state index contributed by atoms with van der Waals surface area (Å²) in [4.78, 5) is 18.6. The zero-order valence-electron chi connectivity index (χ0n) is 13.8. The number of hydrogen-bond donors (Lipinski definition) is 2. The second-order valence-electron chi connectivity index (χ2n) is 6.64. The third-order valence-corrected chi connectivity index (χ3v) is 5.06. The average molecular weight is 318 g/mol. The first-order valence-electron chi connectivity index (χ1n) is 8.45. The maximum Gasteiger partial charge on any atom is 0.239 e. The highest BCUT2D eigenvalue weighted by molar-refractivity contribution is 5.86. The predicted molar refractivity (Wildman–Crippen MR) is 89.0 cm³/mol. The molecule has 0 bridgehead atoms. The largest absolute Gasteiger partial charge is 0.467 e. The van der Waals surface area contributed by atoms with Gasteiger partial charge in [0, 0.05) is 20.1 Å². The molecule has 23 heavy (non-hydrogen) atoms. The van der Waals surface area contributed by atoms with Crippen molar-refractivity contribution < 1.29 is 9.21 Å². The minimum absolute atomic E-state index is 0.0580. The number of carbonyl (C=O) groups is 1. The Morgan fingerprint density at radius 3 is 2.87 bits per heavy atom. The van der Waals surface area contributed by atoms with Crippen LogP contribution in [0.5, 0.6) is 0 Å². The van der Waals surface area contributed by atoms with Gasteiger partial charge in [-0.15, -0.1) is 0 Å². The number of rotatable bonds is 4. The van der Waals surface area contributed by atoms with Crippen LogP contribution < -0.4 is 10.6 Å². The Kier molecular flexibility index (Phi) is 4.88. The minimum atomic E-state index is -0.0580. The molecule has 0 radical (unpaired) electrons. The van der Waals surface area contributed by atoms with Crippen LogP contribution in [-0.4, -0.2) is 43.4 Å². The van der Waals surface area contributed by atoms with Gasteiger partial charge in [0.2, 0.25) is 5.91 Å². The Bertz CT molecular complexity index is 547. The molecule has 6 heteroatoms. The van der Waals surface area contributed by atoms with E-state index < -0.39 is 0 Å². The van der Waals surface area contributed by atoms with Gasteiger partial charge in [-0.2, -0.15) is 0 Å². The molecule has 2 heterocycles. The molecule has 1 aromatic heterocycles. The van der Waals surface area contributed by atoms with Crippen molar-refractivity contribution in [3.63, 3.8) is 0 Å². The summed E-state index contributed by atoms with van der Waals surface area (Å²) in [6.07, 6.45) is 8.24. The Morgan fingerprint density at radius 2 is 2.17 bits per heavy atom. The maximum absolute atomic E-state index is 11.9. The second-order valence-corrected chi connectivity index (χ2v) is 6.64. The van der Waals surface area contributed by atoms with Crippen LogP contribution in [0.2, 0.25) is 0 Å². The fraction of sp³-hybridized carbons (Fsp3) is 0.647. The lowest BCUT2D eigenvalue weighted by Gasteiger charge is -2.25. The highest BCUT2D eigenvalue weighted by Gasteiger charge is 2.41. The molecule has 126 valence electrons. The molecule has 2 aliphatic rings. The van der Waals surface area contributed by atoms with Crippen LogP contribution in [0.25, 0.3) is 0 Å². The summed E-state index contributed by atoms with van der Waals surface area (Å²) >= 11 is 0. The number of furan rings is 1. The first-order valence-corrected chi connectivity index (χ1v) is 8.45. The van der Waals surface area contributed by atoms with Gasteiger partial charge < -0.3 is 20.0 Å². The minimum Gasteiger partial charge on any atom is -0.467 e. The SMILES string of the molecule is CN=C(NCC(=O)NCc1ccco1)N1CCC2(CCCC2)C1. The molecule has 3 rings (SSSR count). The second kappa shape index (κ2) is 7.06. The molecule has 1 spiro atoms. The van der Waals surface area contributed by atoms with Crippen molar-refractivity contribution in [2.24, 2.45) is 10.4 Å². The molecule has 0 unspecified atom stereocenters. The lowest BCUT2D eigenvalue weighted by Crippen LogP contribution is -2.45. The molecule has 0 atom stereocenters. The van der Waals surface area contributed by atoms with E-state index in [4.69, 9.17) is 4.42 Å². The number of nitrogens with zero attached hydrogens (tertiary/aromatic N) is 2. The first kappa shape index (κ1) is 15.9.